The molecule has 5 aromatic carbocycles. The first-order valence-corrected chi connectivity index (χ1v) is 19.1. The molecule has 0 aliphatic carbocycles. The van der Waals surface area contributed by atoms with Crippen LogP contribution in [0.25, 0.3) is 38.8 Å². The number of pyridine rings is 1. The number of fused-ring (bicyclic) bond motifs is 4. The third kappa shape index (κ3) is 5.38. The average molecular weight is 825 g/mol. The molecular formula is C41H37N4OPtSi-. The maximum atomic E-state index is 5.07. The van der Waals surface area contributed by atoms with Gasteiger partial charge >= 0.3 is 0 Å². The minimum Gasteiger partial charge on any atom is -0.319 e. The number of hydroxylamine groups is 1. The largest absolute Gasteiger partial charge is 0.319 e. The molecule has 1 aliphatic rings. The number of nitrogens with zero attached hydrogens (tertiary/aromatic N) is 4. The topological polar surface area (TPSA) is 37.1 Å². The summed E-state index contributed by atoms with van der Waals surface area (Å²) in [6.45, 7) is 11.3. The zero-order valence-electron chi connectivity index (χ0n) is 27.7. The van der Waals surface area contributed by atoms with Gasteiger partial charge in [0, 0.05) is 38.5 Å². The number of benzene rings is 5. The first-order valence-electron chi connectivity index (χ1n) is 16.1. The Morgan fingerprint density at radius 1 is 0.667 bits per heavy atom. The first kappa shape index (κ1) is 32.1. The summed E-state index contributed by atoms with van der Waals surface area (Å²) in [6, 6.07) is 50.5. The maximum Gasteiger partial charge on any atom is 0.145 e. The Morgan fingerprint density at radius 3 is 2.17 bits per heavy atom. The van der Waals surface area contributed by atoms with E-state index >= 15 is 0 Å². The van der Waals surface area contributed by atoms with E-state index in [0.29, 0.717) is 0 Å². The van der Waals surface area contributed by atoms with Crippen molar-refractivity contribution in [1.82, 2.24) is 9.55 Å². The number of hydrogen-bond acceptors (Lipinski definition) is 3. The predicted octanol–water partition coefficient (Wildman–Crippen LogP) is 8.86. The molecule has 0 fully saturated rings. The van der Waals surface area contributed by atoms with Crippen molar-refractivity contribution in [3.05, 3.63) is 140 Å². The van der Waals surface area contributed by atoms with E-state index in [0.717, 1.165) is 39.5 Å². The molecule has 2 aromatic heterocycles. The Kier molecular flexibility index (Phi) is 8.15. The van der Waals surface area contributed by atoms with E-state index in [2.05, 4.69) is 171 Å². The van der Waals surface area contributed by atoms with Crippen molar-refractivity contribution in [2.24, 2.45) is 0 Å². The molecule has 242 valence electrons. The molecule has 0 saturated carbocycles. The van der Waals surface area contributed by atoms with Crippen LogP contribution in [0.5, 0.6) is 0 Å². The smallest absolute Gasteiger partial charge is 0.145 e. The molecule has 5 nitrogen and oxygen atoms in total. The van der Waals surface area contributed by atoms with Crippen molar-refractivity contribution in [3.63, 3.8) is 0 Å². The quantitative estimate of drug-likeness (QED) is 0.0990. The fourth-order valence-electron chi connectivity index (χ4n) is 6.62. The van der Waals surface area contributed by atoms with E-state index < -0.39 is 8.07 Å². The standard InChI is InChI=1S/C41H36N4OSi.Pt/c1-41(2,3)45-38-21-12-11-20-37(38)44(46-45)31-16-13-17-32(27-31)47(4,5)33-22-23-35-34-18-9-10-19-36(34)43(39(35)28-33)40-26-30(24-25-42-40)29-14-7-6-8-15-29;/h6-26H,1-5H3;/q-2;/p+1. The molecular weight excluding hydrogens is 788 g/mol. The van der Waals surface area contributed by atoms with E-state index in [-0.39, 0.29) is 26.6 Å². The van der Waals surface area contributed by atoms with Gasteiger partial charge in [-0.2, -0.15) is 51.7 Å². The second kappa shape index (κ2) is 12.2. The van der Waals surface area contributed by atoms with Crippen molar-refractivity contribution in [2.75, 3.05) is 10.1 Å². The van der Waals surface area contributed by atoms with Crippen LogP contribution in [0.2, 0.25) is 13.1 Å². The first-order chi connectivity index (χ1) is 22.7. The molecule has 0 unspecified atom stereocenters. The SMILES string of the molecule is CC(C)(C)N1[OH+]N(c2[c-]c([Si](C)(C)c3[c-]c4c(cc3)c3ccccc3n4-c3cc(-c4ccccc4)ccn3)ccc2)c2ccccc21.[Pt]. The molecule has 0 atom stereocenters. The van der Waals surface area contributed by atoms with Crippen LogP contribution in [0.4, 0.5) is 17.1 Å². The van der Waals surface area contributed by atoms with Crippen LogP contribution in [0.1, 0.15) is 20.8 Å². The summed E-state index contributed by atoms with van der Waals surface area (Å²) in [4.78, 5) is 9.95. The minimum atomic E-state index is -2.26. The molecule has 7 heteroatoms. The molecule has 3 heterocycles. The van der Waals surface area contributed by atoms with Gasteiger partial charge in [0.2, 0.25) is 0 Å². The van der Waals surface area contributed by atoms with Crippen LogP contribution in [0, 0.1) is 12.1 Å². The van der Waals surface area contributed by atoms with Crippen LogP contribution in [0.15, 0.2) is 128 Å². The maximum absolute atomic E-state index is 5.07. The molecule has 8 rings (SSSR count). The number of anilines is 3. The summed E-state index contributed by atoms with van der Waals surface area (Å²) >= 11 is 0. The molecule has 1 aliphatic heterocycles. The molecule has 7 aromatic rings. The second-order valence-electron chi connectivity index (χ2n) is 13.7. The van der Waals surface area contributed by atoms with Gasteiger partial charge in [-0.1, -0.05) is 79.3 Å². The van der Waals surface area contributed by atoms with Gasteiger partial charge in [0.05, 0.1) is 8.07 Å². The molecule has 1 N–H and O–H groups in total. The minimum absolute atomic E-state index is 0. The molecule has 0 amide bonds. The second-order valence-corrected chi connectivity index (χ2v) is 18.0. The summed E-state index contributed by atoms with van der Waals surface area (Å²) in [7, 11) is -2.26. The van der Waals surface area contributed by atoms with E-state index in [9.17, 15) is 0 Å². The Bertz CT molecular complexity index is 2280. The number of aromatic nitrogens is 2. The van der Waals surface area contributed by atoms with Gasteiger partial charge in [-0.15, -0.1) is 21.6 Å². The Labute approximate surface area is 297 Å². The van der Waals surface area contributed by atoms with E-state index in [1.807, 2.05) is 17.3 Å². The summed E-state index contributed by atoms with van der Waals surface area (Å²) in [6.07, 6.45) is 1.91. The average Bonchev–Trinajstić information content (AvgIpc) is 3.65. The summed E-state index contributed by atoms with van der Waals surface area (Å²) < 4.78 is 2.27. The molecule has 0 spiro atoms. The summed E-state index contributed by atoms with van der Waals surface area (Å²) in [5, 5.41) is 8.94. The summed E-state index contributed by atoms with van der Waals surface area (Å²) in [5.74, 6) is 0.886. The summed E-state index contributed by atoms with van der Waals surface area (Å²) in [5.41, 5.74) is 7.43. The van der Waals surface area contributed by atoms with E-state index in [4.69, 9.17) is 9.92 Å². The van der Waals surface area contributed by atoms with Crippen molar-refractivity contribution in [3.8, 4) is 16.9 Å². The normalized spacial score (nSPS) is 13.2. The van der Waals surface area contributed by atoms with Crippen LogP contribution in [-0.2, 0) is 21.1 Å². The number of para-hydroxylation sites is 3. The third-order valence-electron chi connectivity index (χ3n) is 9.17. The van der Waals surface area contributed by atoms with Gasteiger partial charge in [-0.05, 0) is 67.6 Å². The van der Waals surface area contributed by atoms with Crippen molar-refractivity contribution in [1.29, 1.82) is 0 Å². The van der Waals surface area contributed by atoms with Gasteiger partial charge < -0.3 is 4.57 Å². The Morgan fingerprint density at radius 2 is 1.38 bits per heavy atom. The van der Waals surface area contributed by atoms with Gasteiger partial charge in [0.25, 0.3) is 0 Å². The molecule has 0 radical (unpaired) electrons. The van der Waals surface area contributed by atoms with Crippen molar-refractivity contribution in [2.45, 2.75) is 39.4 Å². The van der Waals surface area contributed by atoms with Gasteiger partial charge in [-0.3, -0.25) is 0 Å². The van der Waals surface area contributed by atoms with Crippen LogP contribution in [-0.4, -0.2) is 28.1 Å². The zero-order chi connectivity index (χ0) is 32.3. The van der Waals surface area contributed by atoms with Crippen LogP contribution in [0.3, 0.4) is 0 Å². The number of rotatable bonds is 5. The van der Waals surface area contributed by atoms with E-state index in [1.54, 1.807) is 0 Å². The Hall–Kier alpha value is -4.48. The predicted molar refractivity (Wildman–Crippen MR) is 197 cm³/mol. The zero-order valence-corrected chi connectivity index (χ0v) is 30.9. The van der Waals surface area contributed by atoms with Gasteiger partial charge in [-0.25, -0.2) is 4.98 Å². The van der Waals surface area contributed by atoms with Gasteiger partial charge in [0.15, 0.2) is 0 Å². The van der Waals surface area contributed by atoms with Gasteiger partial charge in [0.1, 0.15) is 22.7 Å². The van der Waals surface area contributed by atoms with E-state index in [1.165, 1.54) is 26.7 Å². The van der Waals surface area contributed by atoms with Crippen molar-refractivity contribution < 1.29 is 26.0 Å². The third-order valence-corrected chi connectivity index (χ3v) is 12.4. The Balaban J connectivity index is 0.00000364. The fraction of sp³-hybridized carbons (Fsp3) is 0.146. The molecule has 48 heavy (non-hydrogen) atoms. The number of hydrogen-bond donors (Lipinski definition) is 0. The monoisotopic (exact) mass is 824 g/mol. The molecule has 0 saturated heterocycles. The van der Waals surface area contributed by atoms with Crippen LogP contribution >= 0.6 is 0 Å². The van der Waals surface area contributed by atoms with Crippen molar-refractivity contribution >= 4 is 57.3 Å². The molecule has 0 bridgehead atoms. The fourth-order valence-corrected chi connectivity index (χ4v) is 8.79. The van der Waals surface area contributed by atoms with Crippen LogP contribution < -0.4 is 20.5 Å².